The van der Waals surface area contributed by atoms with Crippen molar-refractivity contribution in [2.75, 3.05) is 6.61 Å². The van der Waals surface area contributed by atoms with Crippen molar-refractivity contribution >= 4 is 10.9 Å². The van der Waals surface area contributed by atoms with Gasteiger partial charge in [0.15, 0.2) is 0 Å². The molecule has 27 heavy (non-hydrogen) atoms. The molecule has 0 bridgehead atoms. The molecule has 3 heterocycles. The molecular weight excluding hydrogens is 344 g/mol. The number of benzene rings is 1. The summed E-state index contributed by atoms with van der Waals surface area (Å²) in [6.45, 7) is 6.84. The third kappa shape index (κ3) is 3.12. The van der Waals surface area contributed by atoms with E-state index in [1.165, 1.54) is 0 Å². The van der Waals surface area contributed by atoms with Crippen molar-refractivity contribution in [1.82, 2.24) is 19.7 Å². The fourth-order valence-corrected chi connectivity index (χ4v) is 3.19. The van der Waals surface area contributed by atoms with Gasteiger partial charge in [-0.15, -0.1) is 0 Å². The Morgan fingerprint density at radius 2 is 2.11 bits per heavy atom. The highest BCUT2D eigenvalue weighted by Gasteiger charge is 2.15. The van der Waals surface area contributed by atoms with Crippen LogP contribution >= 0.6 is 0 Å². The molecule has 0 radical (unpaired) electrons. The second-order valence-electron chi connectivity index (χ2n) is 6.38. The molecule has 0 saturated heterocycles. The Morgan fingerprint density at radius 3 is 2.85 bits per heavy atom. The van der Waals surface area contributed by atoms with Crippen molar-refractivity contribution in [3.8, 4) is 17.1 Å². The number of aromatic nitrogens is 4. The number of hydrogen-bond acceptors (Lipinski definition) is 5. The number of ether oxygens (including phenoxy) is 1. The number of nitrogens with one attached hydrogen (secondary N) is 1. The highest BCUT2D eigenvalue weighted by molar-refractivity contribution is 5.83. The van der Waals surface area contributed by atoms with Crippen LogP contribution in [0.5, 0.6) is 5.75 Å². The van der Waals surface area contributed by atoms with Crippen molar-refractivity contribution in [3.63, 3.8) is 0 Å². The number of pyridine rings is 1. The van der Waals surface area contributed by atoms with Crippen LogP contribution in [0.1, 0.15) is 23.9 Å². The van der Waals surface area contributed by atoms with Gasteiger partial charge in [-0.1, -0.05) is 5.16 Å². The Balaban J connectivity index is 1.80. The average molecular weight is 364 g/mol. The third-order valence-electron chi connectivity index (χ3n) is 4.59. The van der Waals surface area contributed by atoms with Crippen molar-refractivity contribution in [3.05, 3.63) is 64.0 Å². The normalized spacial score (nSPS) is 11.2. The van der Waals surface area contributed by atoms with Gasteiger partial charge in [0.2, 0.25) is 0 Å². The molecule has 3 aromatic heterocycles. The van der Waals surface area contributed by atoms with Gasteiger partial charge in [-0.25, -0.2) is 4.98 Å². The average Bonchev–Trinajstić information content (AvgIpc) is 3.23. The van der Waals surface area contributed by atoms with E-state index in [4.69, 9.17) is 9.26 Å². The van der Waals surface area contributed by atoms with Gasteiger partial charge in [0.25, 0.3) is 5.56 Å². The first-order valence-electron chi connectivity index (χ1n) is 8.80. The topological polar surface area (TPSA) is 85.9 Å². The van der Waals surface area contributed by atoms with Crippen LogP contribution in [0.25, 0.3) is 22.3 Å². The van der Waals surface area contributed by atoms with Gasteiger partial charge < -0.3 is 18.8 Å². The largest absolute Gasteiger partial charge is 0.494 e. The van der Waals surface area contributed by atoms with Crippen LogP contribution in [0.15, 0.2) is 46.0 Å². The molecule has 0 amide bonds. The number of fused-ring (bicyclic) bond motifs is 1. The number of nitrogens with zero attached hydrogens (tertiary/aromatic N) is 3. The minimum absolute atomic E-state index is 0.183. The van der Waals surface area contributed by atoms with Gasteiger partial charge in [0.05, 0.1) is 24.4 Å². The lowest BCUT2D eigenvalue weighted by atomic mass is 10.1. The summed E-state index contributed by atoms with van der Waals surface area (Å²) < 4.78 is 12.7. The molecule has 0 aliphatic rings. The summed E-state index contributed by atoms with van der Waals surface area (Å²) in [5, 5.41) is 4.89. The molecule has 1 aromatic carbocycles. The first-order chi connectivity index (χ1) is 13.1. The maximum Gasteiger partial charge on any atom is 0.259 e. The van der Waals surface area contributed by atoms with Gasteiger partial charge in [0, 0.05) is 28.9 Å². The minimum Gasteiger partial charge on any atom is -0.494 e. The zero-order valence-electron chi connectivity index (χ0n) is 15.4. The summed E-state index contributed by atoms with van der Waals surface area (Å²) in [6.07, 6.45) is 3.54. The van der Waals surface area contributed by atoms with Crippen LogP contribution in [0.4, 0.5) is 0 Å². The van der Waals surface area contributed by atoms with Gasteiger partial charge in [0.1, 0.15) is 17.3 Å². The lowest BCUT2D eigenvalue weighted by Gasteiger charge is -2.09. The monoisotopic (exact) mass is 364 g/mol. The molecule has 0 atom stereocenters. The van der Waals surface area contributed by atoms with E-state index < -0.39 is 0 Å². The highest BCUT2D eigenvalue weighted by Crippen LogP contribution is 2.24. The molecule has 4 rings (SSSR count). The van der Waals surface area contributed by atoms with Crippen molar-refractivity contribution in [2.45, 2.75) is 27.3 Å². The molecule has 0 aliphatic carbocycles. The van der Waals surface area contributed by atoms with E-state index in [9.17, 15) is 4.79 Å². The van der Waals surface area contributed by atoms with E-state index in [0.29, 0.717) is 24.5 Å². The van der Waals surface area contributed by atoms with Crippen molar-refractivity contribution in [1.29, 1.82) is 0 Å². The summed E-state index contributed by atoms with van der Waals surface area (Å²) in [5.41, 5.74) is 2.91. The molecular formula is C20H20N4O3. The van der Waals surface area contributed by atoms with Crippen LogP contribution in [0.2, 0.25) is 0 Å². The lowest BCUT2D eigenvalue weighted by Crippen LogP contribution is -2.13. The Labute approximate surface area is 155 Å². The summed E-state index contributed by atoms with van der Waals surface area (Å²) in [4.78, 5) is 20.0. The molecule has 0 aliphatic heterocycles. The second kappa shape index (κ2) is 6.75. The van der Waals surface area contributed by atoms with Crippen LogP contribution in [-0.4, -0.2) is 26.3 Å². The SMILES string of the molecule is CCOc1ccc2[nH]c(=O)c(-c3nccn3Cc3c(C)noc3C)cc2c1. The van der Waals surface area contributed by atoms with Crippen LogP contribution < -0.4 is 10.3 Å². The predicted octanol–water partition coefficient (Wildman–Crippen LogP) is 3.44. The van der Waals surface area contributed by atoms with Gasteiger partial charge >= 0.3 is 0 Å². The minimum atomic E-state index is -0.183. The fraction of sp³-hybridized carbons (Fsp3) is 0.250. The Morgan fingerprint density at radius 1 is 1.26 bits per heavy atom. The second-order valence-corrected chi connectivity index (χ2v) is 6.38. The standard InChI is InChI=1S/C20H20N4O3/c1-4-26-15-5-6-18-14(9-15)10-16(20(25)22-18)19-21-7-8-24(19)11-17-12(2)23-27-13(17)3/h5-10H,4,11H2,1-3H3,(H,22,25). The molecule has 1 N–H and O–H groups in total. The lowest BCUT2D eigenvalue weighted by molar-refractivity contribution is 0.340. The Hall–Kier alpha value is -3.35. The molecule has 0 spiro atoms. The smallest absolute Gasteiger partial charge is 0.259 e. The van der Waals surface area contributed by atoms with E-state index in [0.717, 1.165) is 33.7 Å². The quantitative estimate of drug-likeness (QED) is 0.586. The summed E-state index contributed by atoms with van der Waals surface area (Å²) in [6, 6.07) is 7.46. The van der Waals surface area contributed by atoms with Crippen LogP contribution in [0, 0.1) is 13.8 Å². The number of aryl methyl sites for hydroxylation is 2. The molecule has 7 heteroatoms. The number of rotatable bonds is 5. The van der Waals surface area contributed by atoms with Crippen molar-refractivity contribution < 1.29 is 9.26 Å². The molecule has 7 nitrogen and oxygen atoms in total. The maximum atomic E-state index is 12.7. The van der Waals surface area contributed by atoms with E-state index >= 15 is 0 Å². The van der Waals surface area contributed by atoms with Gasteiger partial charge in [-0.05, 0) is 45.0 Å². The zero-order chi connectivity index (χ0) is 19.0. The van der Waals surface area contributed by atoms with Crippen LogP contribution in [-0.2, 0) is 6.54 Å². The Bertz CT molecular complexity index is 1150. The van der Waals surface area contributed by atoms with Gasteiger partial charge in [-0.3, -0.25) is 4.79 Å². The number of aromatic amines is 1. The first kappa shape index (κ1) is 17.1. The van der Waals surface area contributed by atoms with E-state index in [1.807, 2.05) is 55.8 Å². The molecule has 0 fully saturated rings. The molecule has 0 unspecified atom stereocenters. The summed E-state index contributed by atoms with van der Waals surface area (Å²) in [7, 11) is 0. The van der Waals surface area contributed by atoms with E-state index in [2.05, 4.69) is 15.1 Å². The van der Waals surface area contributed by atoms with Crippen LogP contribution in [0.3, 0.4) is 0 Å². The van der Waals surface area contributed by atoms with Crippen molar-refractivity contribution in [2.24, 2.45) is 0 Å². The molecule has 4 aromatic rings. The molecule has 138 valence electrons. The third-order valence-corrected chi connectivity index (χ3v) is 4.59. The maximum absolute atomic E-state index is 12.7. The predicted molar refractivity (Wildman–Crippen MR) is 102 cm³/mol. The first-order valence-corrected chi connectivity index (χ1v) is 8.80. The summed E-state index contributed by atoms with van der Waals surface area (Å²) >= 11 is 0. The molecule has 0 saturated carbocycles. The number of imidazole rings is 1. The zero-order valence-corrected chi connectivity index (χ0v) is 15.4. The Kier molecular flexibility index (Phi) is 4.27. The number of H-pyrrole nitrogens is 1. The van der Waals surface area contributed by atoms with E-state index in [-0.39, 0.29) is 5.56 Å². The number of hydrogen-bond donors (Lipinski definition) is 1. The van der Waals surface area contributed by atoms with E-state index in [1.54, 1.807) is 6.20 Å². The fourth-order valence-electron chi connectivity index (χ4n) is 3.19. The summed E-state index contributed by atoms with van der Waals surface area (Å²) in [5.74, 6) is 2.13. The highest BCUT2D eigenvalue weighted by atomic mass is 16.5. The van der Waals surface area contributed by atoms with Gasteiger partial charge in [-0.2, -0.15) is 0 Å².